The molecule has 0 amide bonds. The molecule has 0 atom stereocenters. The maximum absolute atomic E-state index is 13.0. The number of hydrogen-bond acceptors (Lipinski definition) is 6. The molecule has 1 aliphatic rings. The van der Waals surface area contributed by atoms with Gasteiger partial charge in [-0.15, -0.1) is 0 Å². The lowest BCUT2D eigenvalue weighted by Crippen LogP contribution is -2.13. The summed E-state index contributed by atoms with van der Waals surface area (Å²) in [6, 6.07) is 6.32. The zero-order chi connectivity index (χ0) is 18.1. The average Bonchev–Trinajstić information content (AvgIpc) is 2.96. The molecule has 0 fully saturated rings. The summed E-state index contributed by atoms with van der Waals surface area (Å²) in [4.78, 5) is 7.22. The van der Waals surface area contributed by atoms with Crippen molar-refractivity contribution in [2.75, 3.05) is 18.5 Å². The molecule has 0 aliphatic carbocycles. The van der Waals surface area contributed by atoms with Crippen molar-refractivity contribution in [2.24, 2.45) is 0 Å². The van der Waals surface area contributed by atoms with Gasteiger partial charge in [-0.3, -0.25) is 0 Å². The number of halogens is 3. The van der Waals surface area contributed by atoms with Crippen LogP contribution in [0, 0.1) is 0 Å². The van der Waals surface area contributed by atoms with Crippen molar-refractivity contribution in [3.63, 3.8) is 0 Å². The van der Waals surface area contributed by atoms with Crippen LogP contribution in [-0.2, 0) is 12.7 Å². The summed E-state index contributed by atoms with van der Waals surface area (Å²) >= 11 is 0. The normalized spacial score (nSPS) is 14.3. The second-order valence-corrected chi connectivity index (χ2v) is 5.68. The van der Waals surface area contributed by atoms with E-state index in [4.69, 9.17) is 9.47 Å². The minimum Gasteiger partial charge on any atom is -0.490 e. The highest BCUT2D eigenvalue weighted by Crippen LogP contribution is 2.32. The number of nitrogens with one attached hydrogen (secondary N) is 1. The topological polar surface area (TPSA) is 73.6 Å². The maximum atomic E-state index is 13.0. The smallest absolute Gasteiger partial charge is 0.433 e. The molecular formula is C16H14F3N5O2. The van der Waals surface area contributed by atoms with Crippen LogP contribution in [0.3, 0.4) is 0 Å². The number of hydrogen-bond donors (Lipinski definition) is 1. The fraction of sp³-hybridized carbons (Fsp3) is 0.312. The van der Waals surface area contributed by atoms with Gasteiger partial charge in [0.25, 0.3) is 5.78 Å². The number of aromatic nitrogens is 4. The largest absolute Gasteiger partial charge is 0.490 e. The van der Waals surface area contributed by atoms with Gasteiger partial charge in [0.05, 0.1) is 13.2 Å². The van der Waals surface area contributed by atoms with E-state index in [1.54, 1.807) is 12.1 Å². The number of nitrogens with zero attached hydrogens (tertiary/aromatic N) is 4. The maximum Gasteiger partial charge on any atom is 0.433 e. The first-order chi connectivity index (χ1) is 12.5. The first kappa shape index (κ1) is 16.4. The second-order valence-electron chi connectivity index (χ2n) is 5.68. The molecule has 0 spiro atoms. The number of benzene rings is 1. The molecule has 0 saturated carbocycles. The van der Waals surface area contributed by atoms with Gasteiger partial charge in [0.1, 0.15) is 12.1 Å². The Morgan fingerprint density at radius 2 is 1.92 bits per heavy atom. The highest BCUT2D eigenvalue weighted by atomic mass is 19.4. The van der Waals surface area contributed by atoms with E-state index < -0.39 is 11.9 Å². The standard InChI is InChI=1S/C16H14F3N5O2/c17-16(18,19)13-7-14(24-15(23-13)21-9-22-24)20-8-10-2-3-11-12(6-10)26-5-1-4-25-11/h2-3,6-7,9,20H,1,4-5,8H2. The Balaban J connectivity index is 1.60. The van der Waals surface area contributed by atoms with Crippen molar-refractivity contribution >= 4 is 11.6 Å². The highest BCUT2D eigenvalue weighted by molar-refractivity contribution is 5.48. The van der Waals surface area contributed by atoms with Crippen molar-refractivity contribution in [3.8, 4) is 11.5 Å². The summed E-state index contributed by atoms with van der Waals surface area (Å²) in [5.41, 5.74) is -0.202. The molecule has 136 valence electrons. The summed E-state index contributed by atoms with van der Waals surface area (Å²) in [5, 5.41) is 6.85. The lowest BCUT2D eigenvalue weighted by Gasteiger charge is -2.13. The van der Waals surface area contributed by atoms with Gasteiger partial charge in [-0.25, -0.2) is 4.98 Å². The van der Waals surface area contributed by atoms with E-state index in [0.29, 0.717) is 24.7 Å². The Hall–Kier alpha value is -3.04. The van der Waals surface area contributed by atoms with Gasteiger partial charge < -0.3 is 14.8 Å². The van der Waals surface area contributed by atoms with Gasteiger partial charge in [-0.05, 0) is 17.7 Å². The number of ether oxygens (including phenoxy) is 2. The molecule has 1 aromatic carbocycles. The van der Waals surface area contributed by atoms with Crippen LogP contribution in [0.15, 0.2) is 30.6 Å². The first-order valence-corrected chi connectivity index (χ1v) is 7.91. The quantitative estimate of drug-likeness (QED) is 0.769. The van der Waals surface area contributed by atoms with Crippen LogP contribution in [-0.4, -0.2) is 32.8 Å². The van der Waals surface area contributed by atoms with Crippen LogP contribution < -0.4 is 14.8 Å². The van der Waals surface area contributed by atoms with E-state index in [-0.39, 0.29) is 18.1 Å². The molecule has 2 aromatic heterocycles. The molecule has 3 heterocycles. The van der Waals surface area contributed by atoms with Crippen molar-refractivity contribution in [1.82, 2.24) is 19.6 Å². The molecule has 0 radical (unpaired) electrons. The highest BCUT2D eigenvalue weighted by Gasteiger charge is 2.34. The number of fused-ring (bicyclic) bond motifs is 2. The number of rotatable bonds is 3. The van der Waals surface area contributed by atoms with Gasteiger partial charge in [0.2, 0.25) is 0 Å². The SMILES string of the molecule is FC(F)(F)c1cc(NCc2ccc3c(c2)OCCCO3)n2ncnc2n1. The molecule has 0 bridgehead atoms. The average molecular weight is 365 g/mol. The molecule has 3 aromatic rings. The van der Waals surface area contributed by atoms with Crippen LogP contribution in [0.25, 0.3) is 5.78 Å². The minimum absolute atomic E-state index is 0.124. The Morgan fingerprint density at radius 1 is 1.12 bits per heavy atom. The molecule has 7 nitrogen and oxygen atoms in total. The summed E-state index contributed by atoms with van der Waals surface area (Å²) in [6.07, 6.45) is -2.62. The molecule has 0 unspecified atom stereocenters. The zero-order valence-corrected chi connectivity index (χ0v) is 13.5. The summed E-state index contributed by atoms with van der Waals surface area (Å²) in [5.74, 6) is 1.31. The van der Waals surface area contributed by atoms with Crippen molar-refractivity contribution in [3.05, 3.63) is 41.9 Å². The molecule has 10 heteroatoms. The predicted molar refractivity (Wildman–Crippen MR) is 85.2 cm³/mol. The van der Waals surface area contributed by atoms with Crippen LogP contribution in [0.1, 0.15) is 17.7 Å². The number of anilines is 1. The van der Waals surface area contributed by atoms with E-state index in [0.717, 1.165) is 24.4 Å². The second kappa shape index (κ2) is 6.36. The first-order valence-electron chi connectivity index (χ1n) is 7.91. The van der Waals surface area contributed by atoms with Crippen molar-refractivity contribution in [1.29, 1.82) is 0 Å². The Morgan fingerprint density at radius 3 is 2.73 bits per heavy atom. The lowest BCUT2D eigenvalue weighted by molar-refractivity contribution is -0.141. The number of alkyl halides is 3. The fourth-order valence-electron chi connectivity index (χ4n) is 2.59. The summed E-state index contributed by atoms with van der Waals surface area (Å²) in [6.45, 7) is 1.42. The third kappa shape index (κ3) is 3.22. The van der Waals surface area contributed by atoms with E-state index in [9.17, 15) is 13.2 Å². The van der Waals surface area contributed by atoms with Gasteiger partial charge >= 0.3 is 6.18 Å². The minimum atomic E-state index is -4.57. The van der Waals surface area contributed by atoms with E-state index in [1.807, 2.05) is 6.07 Å². The third-order valence-corrected chi connectivity index (χ3v) is 3.83. The van der Waals surface area contributed by atoms with Crippen LogP contribution in [0.5, 0.6) is 11.5 Å². The Bertz CT molecular complexity index is 941. The zero-order valence-electron chi connectivity index (χ0n) is 13.5. The monoisotopic (exact) mass is 365 g/mol. The van der Waals surface area contributed by atoms with Crippen LogP contribution >= 0.6 is 0 Å². The van der Waals surface area contributed by atoms with Gasteiger partial charge in [0.15, 0.2) is 17.2 Å². The summed E-state index contributed by atoms with van der Waals surface area (Å²) in [7, 11) is 0. The molecule has 1 aliphatic heterocycles. The van der Waals surface area contributed by atoms with Gasteiger partial charge in [-0.1, -0.05) is 6.07 Å². The van der Waals surface area contributed by atoms with Crippen LogP contribution in [0.2, 0.25) is 0 Å². The molecule has 1 N–H and O–H groups in total. The third-order valence-electron chi connectivity index (χ3n) is 3.83. The molecular weight excluding hydrogens is 351 g/mol. The van der Waals surface area contributed by atoms with E-state index in [1.165, 1.54) is 4.52 Å². The van der Waals surface area contributed by atoms with Gasteiger partial charge in [0, 0.05) is 19.0 Å². The Kier molecular flexibility index (Phi) is 4.02. The molecule has 4 rings (SSSR count). The fourth-order valence-corrected chi connectivity index (χ4v) is 2.59. The summed E-state index contributed by atoms with van der Waals surface area (Å²) < 4.78 is 51.5. The van der Waals surface area contributed by atoms with Gasteiger partial charge in [-0.2, -0.15) is 27.8 Å². The molecule has 0 saturated heterocycles. The molecule has 26 heavy (non-hydrogen) atoms. The predicted octanol–water partition coefficient (Wildman–Crippen LogP) is 2.92. The lowest BCUT2D eigenvalue weighted by atomic mass is 10.2. The van der Waals surface area contributed by atoms with Crippen LogP contribution in [0.4, 0.5) is 19.0 Å². The Labute approximate surface area is 145 Å². The van der Waals surface area contributed by atoms with Crippen molar-refractivity contribution in [2.45, 2.75) is 19.1 Å². The van der Waals surface area contributed by atoms with E-state index in [2.05, 4.69) is 20.4 Å². The van der Waals surface area contributed by atoms with Crippen molar-refractivity contribution < 1.29 is 22.6 Å². The van der Waals surface area contributed by atoms with E-state index >= 15 is 0 Å².